The highest BCUT2D eigenvalue weighted by Gasteiger charge is 2.43. The SMILES string of the molecule is COC(=O)c1cc([N+](=O)[O-])c(N2CCN(C(C)(C)C)[C@H](C(C)C)C2=O)cc1S(C)(=O)=O. The summed E-state index contributed by atoms with van der Waals surface area (Å²) in [7, 11) is -2.89. The second kappa shape index (κ2) is 8.54. The van der Waals surface area contributed by atoms with Crippen LogP contribution in [0.25, 0.3) is 0 Å². The minimum absolute atomic E-state index is 0.0858. The fourth-order valence-corrected chi connectivity index (χ4v) is 4.75. The van der Waals surface area contributed by atoms with Crippen molar-refractivity contribution in [1.82, 2.24) is 4.90 Å². The van der Waals surface area contributed by atoms with E-state index in [0.717, 1.165) is 25.5 Å². The quantitative estimate of drug-likeness (QED) is 0.376. The van der Waals surface area contributed by atoms with E-state index >= 15 is 0 Å². The molecular formula is C20H29N3O7S. The molecule has 1 atom stereocenters. The van der Waals surface area contributed by atoms with Gasteiger partial charge < -0.3 is 9.64 Å². The molecule has 0 spiro atoms. The normalized spacial score (nSPS) is 18.4. The molecule has 0 N–H and O–H groups in total. The number of anilines is 1. The van der Waals surface area contributed by atoms with Crippen molar-refractivity contribution >= 4 is 33.1 Å². The van der Waals surface area contributed by atoms with Gasteiger partial charge in [-0.2, -0.15) is 0 Å². The fraction of sp³-hybridized carbons (Fsp3) is 0.600. The summed E-state index contributed by atoms with van der Waals surface area (Å²) in [6.07, 6.45) is 0.890. The molecule has 2 rings (SSSR count). The molecule has 1 saturated heterocycles. The number of amides is 1. The van der Waals surface area contributed by atoms with E-state index in [2.05, 4.69) is 4.74 Å². The third-order valence-electron chi connectivity index (χ3n) is 5.28. The molecule has 11 heteroatoms. The molecule has 0 aromatic heterocycles. The number of nitro groups is 1. The Morgan fingerprint density at radius 2 is 1.84 bits per heavy atom. The molecule has 1 heterocycles. The van der Waals surface area contributed by atoms with E-state index in [1.54, 1.807) is 0 Å². The predicted octanol–water partition coefficient (Wildman–Crippen LogP) is 2.26. The van der Waals surface area contributed by atoms with Crippen LogP contribution in [0.2, 0.25) is 0 Å². The lowest BCUT2D eigenvalue weighted by atomic mass is 9.92. The molecule has 10 nitrogen and oxygen atoms in total. The number of carbonyl (C=O) groups excluding carboxylic acids is 2. The molecule has 0 radical (unpaired) electrons. The molecule has 172 valence electrons. The van der Waals surface area contributed by atoms with Crippen molar-refractivity contribution in [2.24, 2.45) is 5.92 Å². The first-order valence-electron chi connectivity index (χ1n) is 9.80. The Hall–Kier alpha value is -2.53. The summed E-state index contributed by atoms with van der Waals surface area (Å²) in [4.78, 5) is 39.5. The smallest absolute Gasteiger partial charge is 0.339 e. The number of sulfone groups is 1. The second-order valence-electron chi connectivity index (χ2n) is 8.90. The molecule has 1 amide bonds. The van der Waals surface area contributed by atoms with Gasteiger partial charge in [-0.15, -0.1) is 0 Å². The van der Waals surface area contributed by atoms with E-state index in [-0.39, 0.29) is 29.6 Å². The van der Waals surface area contributed by atoms with Crippen LogP contribution in [0.15, 0.2) is 17.0 Å². The van der Waals surface area contributed by atoms with Crippen LogP contribution in [0.3, 0.4) is 0 Å². The Bertz CT molecular complexity index is 1010. The number of methoxy groups -OCH3 is 1. The van der Waals surface area contributed by atoms with Gasteiger partial charge in [0.15, 0.2) is 9.84 Å². The van der Waals surface area contributed by atoms with Crippen molar-refractivity contribution in [2.75, 3.05) is 31.4 Å². The Morgan fingerprint density at radius 1 is 1.26 bits per heavy atom. The molecule has 1 aromatic rings. The molecule has 0 aliphatic carbocycles. The van der Waals surface area contributed by atoms with Crippen molar-refractivity contribution in [3.05, 3.63) is 27.8 Å². The summed E-state index contributed by atoms with van der Waals surface area (Å²) in [5.74, 6) is -1.46. The largest absolute Gasteiger partial charge is 0.465 e. The fourth-order valence-electron chi connectivity index (χ4n) is 3.88. The monoisotopic (exact) mass is 455 g/mol. The first-order valence-corrected chi connectivity index (χ1v) is 11.7. The first-order chi connectivity index (χ1) is 14.1. The van der Waals surface area contributed by atoms with Crippen LogP contribution in [0.5, 0.6) is 0 Å². The Labute approximate surface area is 182 Å². The van der Waals surface area contributed by atoms with Crippen molar-refractivity contribution in [3.63, 3.8) is 0 Å². The summed E-state index contributed by atoms with van der Waals surface area (Å²) >= 11 is 0. The maximum Gasteiger partial charge on any atom is 0.339 e. The zero-order chi connectivity index (χ0) is 23.9. The minimum Gasteiger partial charge on any atom is -0.465 e. The number of benzene rings is 1. The van der Waals surface area contributed by atoms with Crippen LogP contribution in [-0.2, 0) is 19.4 Å². The van der Waals surface area contributed by atoms with Gasteiger partial charge in [0.05, 0.1) is 28.5 Å². The first kappa shape index (κ1) is 24.7. The summed E-state index contributed by atoms with van der Waals surface area (Å²) in [6.45, 7) is 10.3. The zero-order valence-electron chi connectivity index (χ0n) is 18.8. The number of rotatable bonds is 5. The molecule has 1 fully saturated rings. The molecule has 31 heavy (non-hydrogen) atoms. The molecule has 0 saturated carbocycles. The minimum atomic E-state index is -3.95. The lowest BCUT2D eigenvalue weighted by Gasteiger charge is -2.48. The number of piperazine rings is 1. The third-order valence-corrected chi connectivity index (χ3v) is 6.42. The average molecular weight is 456 g/mol. The highest BCUT2D eigenvalue weighted by molar-refractivity contribution is 7.90. The molecule has 1 aliphatic heterocycles. The van der Waals surface area contributed by atoms with E-state index in [4.69, 9.17) is 0 Å². The van der Waals surface area contributed by atoms with Crippen LogP contribution in [0.1, 0.15) is 45.0 Å². The lowest BCUT2D eigenvalue weighted by molar-refractivity contribution is -0.384. The van der Waals surface area contributed by atoms with Crippen molar-refractivity contribution in [3.8, 4) is 0 Å². The van der Waals surface area contributed by atoms with Gasteiger partial charge in [0.25, 0.3) is 5.69 Å². The molecule has 1 aromatic carbocycles. The van der Waals surface area contributed by atoms with Crippen molar-refractivity contribution in [1.29, 1.82) is 0 Å². The van der Waals surface area contributed by atoms with Crippen LogP contribution in [-0.4, -0.2) is 68.2 Å². The number of ether oxygens (including phenoxy) is 1. The third kappa shape index (κ3) is 4.87. The zero-order valence-corrected chi connectivity index (χ0v) is 19.6. The van der Waals surface area contributed by atoms with Gasteiger partial charge >= 0.3 is 5.97 Å². The van der Waals surface area contributed by atoms with Gasteiger partial charge in [-0.1, -0.05) is 13.8 Å². The number of carbonyl (C=O) groups is 2. The number of hydrogen-bond acceptors (Lipinski definition) is 8. The lowest BCUT2D eigenvalue weighted by Crippen LogP contribution is -2.64. The van der Waals surface area contributed by atoms with Gasteiger partial charge in [-0.3, -0.25) is 19.8 Å². The van der Waals surface area contributed by atoms with E-state index in [1.165, 1.54) is 4.90 Å². The topological polar surface area (TPSA) is 127 Å². The Morgan fingerprint density at radius 3 is 2.26 bits per heavy atom. The van der Waals surface area contributed by atoms with Gasteiger partial charge in [0.2, 0.25) is 5.91 Å². The van der Waals surface area contributed by atoms with Crippen LogP contribution in [0.4, 0.5) is 11.4 Å². The summed E-state index contributed by atoms with van der Waals surface area (Å²) in [5.41, 5.74) is -1.44. The van der Waals surface area contributed by atoms with E-state index in [9.17, 15) is 28.1 Å². The predicted molar refractivity (Wildman–Crippen MR) is 115 cm³/mol. The summed E-state index contributed by atoms with van der Waals surface area (Å²) < 4.78 is 29.3. The standard InChI is InChI=1S/C20H29N3O7S/c1-12(2)17-18(24)21(8-9-22(17)20(3,4)5)14-11-16(31(7,28)29)13(19(25)30-6)10-15(14)23(26)27/h10-12,17H,8-9H2,1-7H3/t17-/m1/s1. The van der Waals surface area contributed by atoms with Gasteiger partial charge in [-0.05, 0) is 32.8 Å². The van der Waals surface area contributed by atoms with E-state index in [1.807, 2.05) is 39.5 Å². The molecular weight excluding hydrogens is 426 g/mol. The van der Waals surface area contributed by atoms with Crippen LogP contribution >= 0.6 is 0 Å². The highest BCUT2D eigenvalue weighted by atomic mass is 32.2. The Balaban J connectivity index is 2.73. The molecule has 0 bridgehead atoms. The number of hydrogen-bond donors (Lipinski definition) is 0. The summed E-state index contributed by atoms with van der Waals surface area (Å²) in [5, 5.41) is 11.8. The summed E-state index contributed by atoms with van der Waals surface area (Å²) in [6, 6.07) is 1.35. The maximum atomic E-state index is 13.5. The molecule has 1 aliphatic rings. The van der Waals surface area contributed by atoms with Crippen LogP contribution in [0, 0.1) is 16.0 Å². The number of esters is 1. The van der Waals surface area contributed by atoms with Crippen molar-refractivity contribution < 1.29 is 27.7 Å². The van der Waals surface area contributed by atoms with Gasteiger partial charge in [0, 0.05) is 31.0 Å². The van der Waals surface area contributed by atoms with Crippen LogP contribution < -0.4 is 4.90 Å². The molecule has 0 unspecified atom stereocenters. The average Bonchev–Trinajstić information content (AvgIpc) is 2.64. The maximum absolute atomic E-state index is 13.5. The number of nitro benzene ring substituents is 1. The second-order valence-corrected chi connectivity index (χ2v) is 10.9. The van der Waals surface area contributed by atoms with Gasteiger partial charge in [0.1, 0.15) is 5.69 Å². The van der Waals surface area contributed by atoms with E-state index < -0.39 is 42.9 Å². The Kier molecular flexibility index (Phi) is 6.82. The highest BCUT2D eigenvalue weighted by Crippen LogP contribution is 2.37. The van der Waals surface area contributed by atoms with Crippen molar-refractivity contribution in [2.45, 2.75) is 51.1 Å². The van der Waals surface area contributed by atoms with Gasteiger partial charge in [-0.25, -0.2) is 13.2 Å². The number of nitrogens with zero attached hydrogens (tertiary/aromatic N) is 3. The van der Waals surface area contributed by atoms with E-state index in [0.29, 0.717) is 6.54 Å².